The summed E-state index contributed by atoms with van der Waals surface area (Å²) in [6, 6.07) is 13.8. The van der Waals surface area contributed by atoms with Gasteiger partial charge in [-0.25, -0.2) is 13.1 Å². The standard InChI is InChI=1S/C20H26ClN3O3S/c1-15(2)23-28(26,27)17-10-11-19(21)18(14-17)20(25)22-12-7-13-24(3)16-8-5-4-6-9-16/h4-6,8-11,14-15,23H,7,12-13H2,1-3H3,(H,22,25). The Balaban J connectivity index is 1.96. The van der Waals surface area contributed by atoms with Crippen molar-refractivity contribution in [3.8, 4) is 0 Å². The van der Waals surface area contributed by atoms with Crippen LogP contribution in [0.4, 0.5) is 5.69 Å². The Kier molecular flexibility index (Phi) is 7.86. The van der Waals surface area contributed by atoms with E-state index in [1.54, 1.807) is 13.8 Å². The van der Waals surface area contributed by atoms with Crippen molar-refractivity contribution in [2.24, 2.45) is 0 Å². The van der Waals surface area contributed by atoms with Crippen LogP contribution in [0.1, 0.15) is 30.6 Å². The number of para-hydroxylation sites is 1. The molecule has 2 aromatic rings. The molecule has 2 N–H and O–H groups in total. The summed E-state index contributed by atoms with van der Waals surface area (Å²) in [5.74, 6) is -0.394. The number of nitrogens with zero attached hydrogens (tertiary/aromatic N) is 1. The quantitative estimate of drug-likeness (QED) is 0.606. The Labute approximate surface area is 171 Å². The van der Waals surface area contributed by atoms with Gasteiger partial charge in [0.1, 0.15) is 0 Å². The number of hydrogen-bond acceptors (Lipinski definition) is 4. The summed E-state index contributed by atoms with van der Waals surface area (Å²) >= 11 is 6.11. The van der Waals surface area contributed by atoms with E-state index in [9.17, 15) is 13.2 Å². The third kappa shape index (κ3) is 6.22. The summed E-state index contributed by atoms with van der Waals surface area (Å²) in [4.78, 5) is 14.6. The average Bonchev–Trinajstić information content (AvgIpc) is 2.64. The summed E-state index contributed by atoms with van der Waals surface area (Å²) in [5.41, 5.74) is 1.25. The van der Waals surface area contributed by atoms with E-state index in [0.717, 1.165) is 18.7 Å². The molecule has 0 unspecified atom stereocenters. The molecule has 8 heteroatoms. The number of carbonyl (C=O) groups is 1. The number of amides is 1. The molecule has 0 radical (unpaired) electrons. The van der Waals surface area contributed by atoms with Crippen LogP contribution in [0.2, 0.25) is 5.02 Å². The first-order valence-electron chi connectivity index (χ1n) is 9.07. The number of carbonyl (C=O) groups excluding carboxylic acids is 1. The van der Waals surface area contributed by atoms with E-state index in [-0.39, 0.29) is 21.5 Å². The molecule has 0 heterocycles. The predicted octanol–water partition coefficient (Wildman–Crippen LogP) is 3.28. The first kappa shape index (κ1) is 22.2. The van der Waals surface area contributed by atoms with E-state index in [2.05, 4.69) is 14.9 Å². The minimum absolute atomic E-state index is 0.0135. The summed E-state index contributed by atoms with van der Waals surface area (Å²) in [6.07, 6.45) is 0.738. The van der Waals surface area contributed by atoms with Gasteiger partial charge in [0.2, 0.25) is 10.0 Å². The first-order chi connectivity index (χ1) is 13.2. The number of rotatable bonds is 9. The highest BCUT2D eigenvalue weighted by Gasteiger charge is 2.19. The van der Waals surface area contributed by atoms with Gasteiger partial charge >= 0.3 is 0 Å². The van der Waals surface area contributed by atoms with E-state index in [0.29, 0.717) is 6.54 Å². The van der Waals surface area contributed by atoms with Crippen molar-refractivity contribution in [3.05, 3.63) is 59.1 Å². The average molecular weight is 424 g/mol. The SMILES string of the molecule is CC(C)NS(=O)(=O)c1ccc(Cl)c(C(=O)NCCCN(C)c2ccccc2)c1. The van der Waals surface area contributed by atoms with Gasteiger partial charge in [0.15, 0.2) is 0 Å². The van der Waals surface area contributed by atoms with E-state index < -0.39 is 15.9 Å². The third-order valence-corrected chi connectivity index (χ3v) is 6.02. The Bertz CT molecular complexity index is 902. The van der Waals surface area contributed by atoms with Crippen LogP contribution >= 0.6 is 11.6 Å². The van der Waals surface area contributed by atoms with Crippen LogP contribution in [0, 0.1) is 0 Å². The van der Waals surface area contributed by atoms with Crippen molar-refractivity contribution in [2.75, 3.05) is 25.0 Å². The van der Waals surface area contributed by atoms with Gasteiger partial charge < -0.3 is 10.2 Å². The van der Waals surface area contributed by atoms with Crippen LogP contribution in [0.3, 0.4) is 0 Å². The lowest BCUT2D eigenvalue weighted by Gasteiger charge is -2.19. The summed E-state index contributed by atoms with van der Waals surface area (Å²) in [6.45, 7) is 4.68. The third-order valence-electron chi connectivity index (χ3n) is 4.04. The maximum absolute atomic E-state index is 12.5. The lowest BCUT2D eigenvalue weighted by atomic mass is 10.2. The fraction of sp³-hybridized carbons (Fsp3) is 0.350. The number of benzene rings is 2. The highest BCUT2D eigenvalue weighted by Crippen LogP contribution is 2.21. The molecule has 0 atom stereocenters. The first-order valence-corrected chi connectivity index (χ1v) is 10.9. The van der Waals surface area contributed by atoms with Gasteiger partial charge in [-0.15, -0.1) is 0 Å². The van der Waals surface area contributed by atoms with Gasteiger partial charge in [-0.2, -0.15) is 0 Å². The Hall–Kier alpha value is -2.09. The molecule has 2 rings (SSSR count). The minimum atomic E-state index is -3.69. The van der Waals surface area contributed by atoms with Crippen molar-refractivity contribution in [1.29, 1.82) is 0 Å². The molecule has 0 fully saturated rings. The molecule has 0 aliphatic carbocycles. The lowest BCUT2D eigenvalue weighted by Crippen LogP contribution is -2.31. The predicted molar refractivity (Wildman–Crippen MR) is 114 cm³/mol. The zero-order valence-corrected chi connectivity index (χ0v) is 17.8. The second-order valence-corrected chi connectivity index (χ2v) is 8.91. The molecule has 0 spiro atoms. The number of nitrogens with one attached hydrogen (secondary N) is 2. The maximum Gasteiger partial charge on any atom is 0.252 e. The summed E-state index contributed by atoms with van der Waals surface area (Å²) in [5, 5.41) is 3.01. The van der Waals surface area contributed by atoms with Crippen molar-refractivity contribution in [3.63, 3.8) is 0 Å². The second-order valence-electron chi connectivity index (χ2n) is 6.78. The Morgan fingerprint density at radius 2 is 1.82 bits per heavy atom. The molecule has 0 bridgehead atoms. The number of halogens is 1. The molecule has 152 valence electrons. The maximum atomic E-state index is 12.5. The number of hydrogen-bond donors (Lipinski definition) is 2. The molecular weight excluding hydrogens is 398 g/mol. The fourth-order valence-electron chi connectivity index (χ4n) is 2.65. The van der Waals surface area contributed by atoms with Crippen molar-refractivity contribution < 1.29 is 13.2 Å². The molecule has 0 aliphatic heterocycles. The summed E-state index contributed by atoms with van der Waals surface area (Å²) in [7, 11) is -1.70. The van der Waals surface area contributed by atoms with E-state index in [1.165, 1.54) is 18.2 Å². The monoisotopic (exact) mass is 423 g/mol. The van der Waals surface area contributed by atoms with Gasteiger partial charge in [0.05, 0.1) is 15.5 Å². The molecular formula is C20H26ClN3O3S. The van der Waals surface area contributed by atoms with Crippen LogP contribution < -0.4 is 14.9 Å². The lowest BCUT2D eigenvalue weighted by molar-refractivity contribution is 0.0953. The van der Waals surface area contributed by atoms with E-state index >= 15 is 0 Å². The van der Waals surface area contributed by atoms with Gasteiger partial charge in [-0.1, -0.05) is 29.8 Å². The molecule has 2 aromatic carbocycles. The zero-order chi connectivity index (χ0) is 20.7. The minimum Gasteiger partial charge on any atom is -0.375 e. The van der Waals surface area contributed by atoms with Crippen LogP contribution in [0.15, 0.2) is 53.4 Å². The van der Waals surface area contributed by atoms with Gasteiger partial charge in [-0.3, -0.25) is 4.79 Å². The van der Waals surface area contributed by atoms with Crippen LogP contribution in [0.5, 0.6) is 0 Å². The van der Waals surface area contributed by atoms with Gasteiger partial charge in [0.25, 0.3) is 5.91 Å². The smallest absolute Gasteiger partial charge is 0.252 e. The molecule has 0 saturated carbocycles. The van der Waals surface area contributed by atoms with Crippen LogP contribution in [-0.4, -0.2) is 40.5 Å². The molecule has 1 amide bonds. The largest absolute Gasteiger partial charge is 0.375 e. The van der Waals surface area contributed by atoms with Crippen LogP contribution in [0.25, 0.3) is 0 Å². The van der Waals surface area contributed by atoms with Crippen molar-refractivity contribution in [1.82, 2.24) is 10.0 Å². The molecule has 28 heavy (non-hydrogen) atoms. The van der Waals surface area contributed by atoms with Crippen LogP contribution in [-0.2, 0) is 10.0 Å². The topological polar surface area (TPSA) is 78.5 Å². The van der Waals surface area contributed by atoms with Gasteiger partial charge in [-0.05, 0) is 50.6 Å². The van der Waals surface area contributed by atoms with E-state index in [1.807, 2.05) is 37.4 Å². The molecule has 0 aromatic heterocycles. The molecule has 0 saturated heterocycles. The van der Waals surface area contributed by atoms with E-state index in [4.69, 9.17) is 11.6 Å². The number of sulfonamides is 1. The second kappa shape index (κ2) is 9.91. The highest BCUT2D eigenvalue weighted by atomic mass is 35.5. The Morgan fingerprint density at radius 1 is 1.14 bits per heavy atom. The van der Waals surface area contributed by atoms with Gasteiger partial charge in [0, 0.05) is 31.9 Å². The number of anilines is 1. The molecule has 6 nitrogen and oxygen atoms in total. The Morgan fingerprint density at radius 3 is 2.46 bits per heavy atom. The fourth-order valence-corrected chi connectivity index (χ4v) is 4.13. The van der Waals surface area contributed by atoms with Crippen molar-refractivity contribution in [2.45, 2.75) is 31.2 Å². The summed E-state index contributed by atoms with van der Waals surface area (Å²) < 4.78 is 27.1. The molecule has 0 aliphatic rings. The normalized spacial score (nSPS) is 11.5. The zero-order valence-electron chi connectivity index (χ0n) is 16.3. The van der Waals surface area contributed by atoms with Crippen molar-refractivity contribution >= 4 is 33.2 Å². The highest BCUT2D eigenvalue weighted by molar-refractivity contribution is 7.89.